The Bertz CT molecular complexity index is 1840. The van der Waals surface area contributed by atoms with Gasteiger partial charge in [-0.1, -0.05) is 60.3 Å². The largest absolute Gasteiger partial charge is 0.497 e. The van der Waals surface area contributed by atoms with Gasteiger partial charge >= 0.3 is 6.09 Å². The Kier molecular flexibility index (Phi) is 7.54. The zero-order valence-corrected chi connectivity index (χ0v) is 24.2. The number of ether oxygens (including phenoxy) is 2. The summed E-state index contributed by atoms with van der Waals surface area (Å²) in [6.07, 6.45) is 3.05. The van der Waals surface area contributed by atoms with Crippen LogP contribution in [0.2, 0.25) is 0 Å². The SMILES string of the molecule is COc1cccc(-n2c(=O)c(C3CNc4cccc(C)c4N3C(=O)OCc3ccccc3)cc3cnc(SC)nc32)c1. The van der Waals surface area contributed by atoms with E-state index in [-0.39, 0.29) is 12.2 Å². The Morgan fingerprint density at radius 1 is 1.07 bits per heavy atom. The average molecular weight is 580 g/mol. The Labute approximate surface area is 247 Å². The van der Waals surface area contributed by atoms with E-state index >= 15 is 0 Å². The summed E-state index contributed by atoms with van der Waals surface area (Å²) in [5.41, 5.74) is 4.39. The number of benzene rings is 3. The van der Waals surface area contributed by atoms with Crippen LogP contribution in [0.3, 0.4) is 0 Å². The van der Waals surface area contributed by atoms with Crippen LogP contribution < -0.4 is 20.5 Å². The summed E-state index contributed by atoms with van der Waals surface area (Å²) in [7, 11) is 1.58. The fraction of sp³-hybridized carbons (Fsp3) is 0.188. The molecule has 1 aliphatic rings. The van der Waals surface area contributed by atoms with Crippen molar-refractivity contribution in [1.82, 2.24) is 14.5 Å². The average Bonchev–Trinajstić information content (AvgIpc) is 3.03. The molecule has 5 aromatic rings. The fourth-order valence-corrected chi connectivity index (χ4v) is 5.60. The smallest absolute Gasteiger partial charge is 0.415 e. The van der Waals surface area contributed by atoms with Gasteiger partial charge in [-0.05, 0) is 48.6 Å². The van der Waals surface area contributed by atoms with E-state index in [4.69, 9.17) is 14.5 Å². The van der Waals surface area contributed by atoms with Crippen LogP contribution in [0.4, 0.5) is 16.2 Å². The Morgan fingerprint density at radius 2 is 1.88 bits per heavy atom. The van der Waals surface area contributed by atoms with Crippen LogP contribution in [-0.4, -0.2) is 40.5 Å². The fourth-order valence-electron chi connectivity index (χ4n) is 5.26. The number of methoxy groups -OCH3 is 1. The number of carbonyl (C=O) groups is 1. The molecule has 0 radical (unpaired) electrons. The van der Waals surface area contributed by atoms with Gasteiger partial charge in [0, 0.05) is 29.8 Å². The number of carbonyl (C=O) groups excluding carboxylic acids is 1. The minimum absolute atomic E-state index is 0.106. The van der Waals surface area contributed by atoms with Crippen molar-refractivity contribution in [2.75, 3.05) is 30.1 Å². The number of amides is 1. The second-order valence-electron chi connectivity index (χ2n) is 9.86. The highest BCUT2D eigenvalue weighted by molar-refractivity contribution is 7.98. The lowest BCUT2D eigenvalue weighted by Gasteiger charge is -2.38. The number of aryl methyl sites for hydroxylation is 1. The molecule has 0 spiro atoms. The zero-order chi connectivity index (χ0) is 29.2. The molecule has 3 heterocycles. The van der Waals surface area contributed by atoms with Crippen molar-refractivity contribution >= 4 is 40.3 Å². The normalized spacial score (nSPS) is 14.3. The molecule has 3 aromatic carbocycles. The Balaban J connectivity index is 1.53. The minimum atomic E-state index is -0.671. The number of fused-ring (bicyclic) bond motifs is 2. The van der Waals surface area contributed by atoms with Gasteiger partial charge in [-0.15, -0.1) is 0 Å². The van der Waals surface area contributed by atoms with Gasteiger partial charge in [-0.2, -0.15) is 0 Å². The van der Waals surface area contributed by atoms with Crippen molar-refractivity contribution in [2.45, 2.75) is 24.7 Å². The first-order valence-electron chi connectivity index (χ1n) is 13.4. The molecule has 212 valence electrons. The van der Waals surface area contributed by atoms with Crippen molar-refractivity contribution in [1.29, 1.82) is 0 Å². The standard InChI is InChI=1S/C32H29N5O4S/c1-20-9-7-14-26-28(20)37(32(39)41-19-21-10-5-4-6-11-21)27(18-33-26)25-15-22-17-34-31(42-3)35-29(22)36(30(25)38)23-12-8-13-24(16-23)40-2/h4-17,27,33H,18-19H2,1-3H3. The highest BCUT2D eigenvalue weighted by atomic mass is 32.2. The lowest BCUT2D eigenvalue weighted by atomic mass is 9.99. The summed E-state index contributed by atoms with van der Waals surface area (Å²) < 4.78 is 12.9. The van der Waals surface area contributed by atoms with Crippen molar-refractivity contribution in [2.24, 2.45) is 0 Å². The van der Waals surface area contributed by atoms with Gasteiger partial charge in [0.15, 0.2) is 10.8 Å². The lowest BCUT2D eigenvalue weighted by Crippen LogP contribution is -2.45. The summed E-state index contributed by atoms with van der Waals surface area (Å²) >= 11 is 1.39. The number of anilines is 2. The van der Waals surface area contributed by atoms with E-state index in [0.717, 1.165) is 16.8 Å². The molecule has 6 rings (SSSR count). The van der Waals surface area contributed by atoms with Crippen LogP contribution in [0.5, 0.6) is 5.75 Å². The number of nitrogens with one attached hydrogen (secondary N) is 1. The van der Waals surface area contributed by atoms with Crippen LogP contribution in [0.25, 0.3) is 16.7 Å². The molecule has 1 unspecified atom stereocenters. The molecule has 0 bridgehead atoms. The topological polar surface area (TPSA) is 98.6 Å². The van der Waals surface area contributed by atoms with Gasteiger partial charge in [0.2, 0.25) is 0 Å². The van der Waals surface area contributed by atoms with Crippen molar-refractivity contribution in [3.05, 3.63) is 112 Å². The Hall–Kier alpha value is -4.83. The zero-order valence-electron chi connectivity index (χ0n) is 23.4. The van der Waals surface area contributed by atoms with Gasteiger partial charge in [0.05, 0.1) is 30.2 Å². The van der Waals surface area contributed by atoms with Crippen LogP contribution >= 0.6 is 11.8 Å². The van der Waals surface area contributed by atoms with Crippen LogP contribution in [-0.2, 0) is 11.3 Å². The van der Waals surface area contributed by atoms with Crippen LogP contribution in [0.1, 0.15) is 22.7 Å². The molecule has 9 nitrogen and oxygen atoms in total. The number of para-hydroxylation sites is 1. The number of aromatic nitrogens is 3. The lowest BCUT2D eigenvalue weighted by molar-refractivity contribution is 0.144. The maximum atomic E-state index is 14.5. The molecule has 1 amide bonds. The first kappa shape index (κ1) is 27.3. The van der Waals surface area contributed by atoms with E-state index in [9.17, 15) is 9.59 Å². The maximum absolute atomic E-state index is 14.5. The summed E-state index contributed by atoms with van der Waals surface area (Å²) in [6.45, 7) is 2.35. The molecule has 10 heteroatoms. The van der Waals surface area contributed by atoms with Gasteiger partial charge in [0.25, 0.3) is 5.56 Å². The van der Waals surface area contributed by atoms with Crippen LogP contribution in [0, 0.1) is 6.92 Å². The third-order valence-electron chi connectivity index (χ3n) is 7.28. The van der Waals surface area contributed by atoms with Crippen LogP contribution in [0.15, 0.2) is 95.0 Å². The van der Waals surface area contributed by atoms with Gasteiger partial charge in [-0.3, -0.25) is 14.3 Å². The highest BCUT2D eigenvalue weighted by Gasteiger charge is 2.36. The summed E-state index contributed by atoms with van der Waals surface area (Å²) in [5.74, 6) is 0.604. The molecule has 1 N–H and O–H groups in total. The summed E-state index contributed by atoms with van der Waals surface area (Å²) in [4.78, 5) is 39.1. The summed E-state index contributed by atoms with van der Waals surface area (Å²) in [6, 6.07) is 23.7. The van der Waals surface area contributed by atoms with E-state index in [2.05, 4.69) is 10.3 Å². The van der Waals surface area contributed by atoms with Crippen molar-refractivity contribution in [3.63, 3.8) is 0 Å². The van der Waals surface area contributed by atoms with E-state index in [1.807, 2.05) is 79.9 Å². The molecule has 0 fully saturated rings. The monoisotopic (exact) mass is 579 g/mol. The summed E-state index contributed by atoms with van der Waals surface area (Å²) in [5, 5.41) is 4.64. The number of hydrogen-bond donors (Lipinski definition) is 1. The molecule has 1 aliphatic heterocycles. The second kappa shape index (κ2) is 11.6. The molecular weight excluding hydrogens is 550 g/mol. The Morgan fingerprint density at radius 3 is 2.67 bits per heavy atom. The van der Waals surface area contributed by atoms with E-state index in [1.54, 1.807) is 34.9 Å². The van der Waals surface area contributed by atoms with E-state index in [1.165, 1.54) is 11.8 Å². The molecule has 0 saturated heterocycles. The van der Waals surface area contributed by atoms with Gasteiger partial charge in [-0.25, -0.2) is 14.8 Å². The number of thioether (sulfide) groups is 1. The van der Waals surface area contributed by atoms with Crippen molar-refractivity contribution < 1.29 is 14.3 Å². The van der Waals surface area contributed by atoms with Crippen molar-refractivity contribution in [3.8, 4) is 11.4 Å². The predicted molar refractivity (Wildman–Crippen MR) is 165 cm³/mol. The maximum Gasteiger partial charge on any atom is 0.415 e. The number of nitrogens with zero attached hydrogens (tertiary/aromatic N) is 4. The molecule has 1 atom stereocenters. The third-order valence-corrected chi connectivity index (χ3v) is 7.84. The first-order chi connectivity index (χ1) is 20.5. The first-order valence-corrected chi connectivity index (χ1v) is 14.7. The number of pyridine rings is 1. The van der Waals surface area contributed by atoms with Gasteiger partial charge in [0.1, 0.15) is 12.4 Å². The quantitative estimate of drug-likeness (QED) is 0.190. The second-order valence-corrected chi connectivity index (χ2v) is 10.6. The molecule has 42 heavy (non-hydrogen) atoms. The van der Waals surface area contributed by atoms with E-state index in [0.29, 0.717) is 45.4 Å². The van der Waals surface area contributed by atoms with Gasteiger partial charge < -0.3 is 14.8 Å². The number of hydrogen-bond acceptors (Lipinski definition) is 8. The van der Waals surface area contributed by atoms with E-state index < -0.39 is 12.1 Å². The number of rotatable bonds is 6. The molecule has 0 aliphatic carbocycles. The minimum Gasteiger partial charge on any atom is -0.497 e. The molecule has 2 aromatic heterocycles. The third kappa shape index (κ3) is 5.05. The predicted octanol–water partition coefficient (Wildman–Crippen LogP) is 6.13. The molecular formula is C32H29N5O4S. The molecule has 0 saturated carbocycles. The highest BCUT2D eigenvalue weighted by Crippen LogP contribution is 2.40.